The van der Waals surface area contributed by atoms with Crippen molar-refractivity contribution in [3.63, 3.8) is 0 Å². The molecule has 2 aromatic carbocycles. The molecule has 3 aromatic rings. The quantitative estimate of drug-likeness (QED) is 0.420. The van der Waals surface area contributed by atoms with Crippen LogP contribution in [0.25, 0.3) is 0 Å². The first-order valence-electron chi connectivity index (χ1n) is 10.5. The fourth-order valence-electron chi connectivity index (χ4n) is 3.04. The van der Waals surface area contributed by atoms with E-state index in [1.54, 1.807) is 54.6 Å². The number of benzene rings is 2. The molecule has 33 heavy (non-hydrogen) atoms. The number of nitrogens with one attached hydrogen (secondary N) is 2. The van der Waals surface area contributed by atoms with Gasteiger partial charge in [0.15, 0.2) is 0 Å². The molecular weight excluding hydrogens is 438 g/mol. The van der Waals surface area contributed by atoms with E-state index in [-0.39, 0.29) is 10.8 Å². The summed E-state index contributed by atoms with van der Waals surface area (Å²) in [5, 5.41) is 2.67. The zero-order valence-corrected chi connectivity index (χ0v) is 19.4. The third-order valence-electron chi connectivity index (χ3n) is 4.61. The Kier molecular flexibility index (Phi) is 7.84. The van der Waals surface area contributed by atoms with Gasteiger partial charge >= 0.3 is 0 Å². The number of ether oxygens (including phenoxy) is 1. The Labute approximate surface area is 194 Å². The van der Waals surface area contributed by atoms with Gasteiger partial charge in [-0.25, -0.2) is 13.4 Å². The van der Waals surface area contributed by atoms with Crippen LogP contribution in [0.5, 0.6) is 11.6 Å². The number of hydrogen-bond acceptors (Lipinski definition) is 5. The zero-order chi connectivity index (χ0) is 23.8. The van der Waals surface area contributed by atoms with E-state index in [1.165, 1.54) is 6.20 Å². The van der Waals surface area contributed by atoms with Crippen molar-refractivity contribution in [3.8, 4) is 11.6 Å². The fraction of sp³-hybridized carbons (Fsp3) is 0.200. The number of amides is 1. The van der Waals surface area contributed by atoms with Crippen molar-refractivity contribution in [3.05, 3.63) is 90.6 Å². The Bertz CT molecular complexity index is 1190. The number of carbonyl (C=O) groups excluding carboxylic acids is 1. The molecule has 8 heteroatoms. The molecule has 0 saturated heterocycles. The van der Waals surface area contributed by atoms with Gasteiger partial charge in [-0.1, -0.05) is 32.1 Å². The van der Waals surface area contributed by atoms with Crippen LogP contribution in [0, 0.1) is 5.92 Å². The Balaban J connectivity index is 1.61. The van der Waals surface area contributed by atoms with Crippen LogP contribution in [0.15, 0.2) is 84.4 Å². The highest BCUT2D eigenvalue weighted by molar-refractivity contribution is 7.92. The van der Waals surface area contributed by atoms with Gasteiger partial charge in [0.05, 0.1) is 10.5 Å². The van der Waals surface area contributed by atoms with Gasteiger partial charge < -0.3 is 10.1 Å². The second-order valence-corrected chi connectivity index (χ2v) is 9.54. The minimum absolute atomic E-state index is 0.205. The van der Waals surface area contributed by atoms with Gasteiger partial charge in [-0.3, -0.25) is 9.52 Å². The molecule has 7 nitrogen and oxygen atoms in total. The topological polar surface area (TPSA) is 97.4 Å². The summed E-state index contributed by atoms with van der Waals surface area (Å²) in [5.74, 6) is 1.04. The van der Waals surface area contributed by atoms with Gasteiger partial charge in [-0.15, -0.1) is 6.58 Å². The smallest absolute Gasteiger partial charge is 0.261 e. The van der Waals surface area contributed by atoms with E-state index in [9.17, 15) is 13.2 Å². The third kappa shape index (κ3) is 6.92. The van der Waals surface area contributed by atoms with Gasteiger partial charge in [-0.2, -0.15) is 0 Å². The van der Waals surface area contributed by atoms with Crippen molar-refractivity contribution in [1.82, 2.24) is 10.3 Å². The molecule has 172 valence electrons. The lowest BCUT2D eigenvalue weighted by molar-refractivity contribution is 0.0957. The van der Waals surface area contributed by atoms with Crippen LogP contribution in [0.4, 0.5) is 5.69 Å². The van der Waals surface area contributed by atoms with Crippen LogP contribution < -0.4 is 14.8 Å². The van der Waals surface area contributed by atoms with E-state index < -0.39 is 10.0 Å². The second-order valence-electron chi connectivity index (χ2n) is 7.86. The molecule has 0 spiro atoms. The Morgan fingerprint density at radius 3 is 2.33 bits per heavy atom. The highest BCUT2D eigenvalue weighted by Gasteiger charge is 2.14. The fourth-order valence-corrected chi connectivity index (χ4v) is 4.10. The van der Waals surface area contributed by atoms with Gasteiger partial charge in [0.25, 0.3) is 15.9 Å². The van der Waals surface area contributed by atoms with Gasteiger partial charge in [0, 0.05) is 24.5 Å². The maximum absolute atomic E-state index is 12.7. The second kappa shape index (κ2) is 10.8. The Hall–Kier alpha value is -3.65. The Morgan fingerprint density at radius 2 is 1.76 bits per heavy atom. The number of pyridine rings is 1. The molecule has 0 saturated carbocycles. The largest absolute Gasteiger partial charge is 0.439 e. The lowest BCUT2D eigenvalue weighted by atomic mass is 10.0. The average molecular weight is 466 g/mol. The van der Waals surface area contributed by atoms with Crippen molar-refractivity contribution in [2.75, 3.05) is 11.3 Å². The number of sulfonamides is 1. The first kappa shape index (κ1) is 24.0. The lowest BCUT2D eigenvalue weighted by Gasteiger charge is -2.11. The molecule has 2 N–H and O–H groups in total. The summed E-state index contributed by atoms with van der Waals surface area (Å²) < 4.78 is 33.6. The van der Waals surface area contributed by atoms with Crippen LogP contribution in [0.3, 0.4) is 0 Å². The molecular formula is C25H27N3O4S. The number of aromatic nitrogens is 1. The van der Waals surface area contributed by atoms with Crippen LogP contribution >= 0.6 is 0 Å². The van der Waals surface area contributed by atoms with Gasteiger partial charge in [-0.05, 0) is 60.4 Å². The predicted molar refractivity (Wildman–Crippen MR) is 129 cm³/mol. The minimum Gasteiger partial charge on any atom is -0.439 e. The summed E-state index contributed by atoms with van der Waals surface area (Å²) in [5.41, 5.74) is 1.92. The zero-order valence-electron chi connectivity index (χ0n) is 18.6. The van der Waals surface area contributed by atoms with E-state index in [4.69, 9.17) is 4.74 Å². The number of rotatable bonds is 10. The number of carbonyl (C=O) groups is 1. The maximum Gasteiger partial charge on any atom is 0.261 e. The van der Waals surface area contributed by atoms with Gasteiger partial charge in [0.1, 0.15) is 5.75 Å². The number of anilines is 1. The normalized spacial score (nSPS) is 11.1. The van der Waals surface area contributed by atoms with E-state index in [0.29, 0.717) is 35.3 Å². The molecule has 0 unspecified atom stereocenters. The molecule has 0 aliphatic carbocycles. The molecule has 1 aromatic heterocycles. The number of hydrogen-bond donors (Lipinski definition) is 2. The maximum atomic E-state index is 12.7. The highest BCUT2D eigenvalue weighted by Crippen LogP contribution is 2.23. The molecule has 3 rings (SSSR count). The molecule has 0 bridgehead atoms. The van der Waals surface area contributed by atoms with E-state index in [2.05, 4.69) is 35.4 Å². The van der Waals surface area contributed by atoms with E-state index >= 15 is 0 Å². The summed E-state index contributed by atoms with van der Waals surface area (Å²) in [6.07, 6.45) is 3.91. The first-order valence-corrected chi connectivity index (χ1v) is 12.0. The van der Waals surface area contributed by atoms with Crippen LogP contribution in [-0.2, 0) is 16.4 Å². The van der Waals surface area contributed by atoms with Gasteiger partial charge in [0.2, 0.25) is 5.88 Å². The minimum atomic E-state index is -3.70. The molecule has 0 atom stereocenters. The molecule has 1 amide bonds. The van der Waals surface area contributed by atoms with Crippen molar-refractivity contribution < 1.29 is 17.9 Å². The molecule has 1 heterocycles. The monoisotopic (exact) mass is 465 g/mol. The SMILES string of the molecule is C=CCNC(=O)c1ccc(Oc2ccc(NS(=O)(=O)c3ccc(CC(C)C)cc3)cc2)nc1. The van der Waals surface area contributed by atoms with E-state index in [1.807, 2.05) is 12.1 Å². The highest BCUT2D eigenvalue weighted by atomic mass is 32.2. The summed E-state index contributed by atoms with van der Waals surface area (Å²) in [6, 6.07) is 16.6. The van der Waals surface area contributed by atoms with Crippen molar-refractivity contribution in [2.45, 2.75) is 25.2 Å². The van der Waals surface area contributed by atoms with E-state index in [0.717, 1.165) is 12.0 Å². The van der Waals surface area contributed by atoms with Crippen LogP contribution in [0.1, 0.15) is 29.8 Å². The molecule has 0 aliphatic rings. The molecule has 0 radical (unpaired) electrons. The predicted octanol–water partition coefficient (Wildman–Crippen LogP) is 4.79. The first-order chi connectivity index (χ1) is 15.8. The van der Waals surface area contributed by atoms with Crippen LogP contribution in [0.2, 0.25) is 0 Å². The summed E-state index contributed by atoms with van der Waals surface area (Å²) >= 11 is 0. The van der Waals surface area contributed by atoms with Crippen molar-refractivity contribution in [2.24, 2.45) is 5.92 Å². The summed E-state index contributed by atoms with van der Waals surface area (Å²) in [6.45, 7) is 8.16. The van der Waals surface area contributed by atoms with Crippen LogP contribution in [-0.4, -0.2) is 25.9 Å². The van der Waals surface area contributed by atoms with Crippen molar-refractivity contribution in [1.29, 1.82) is 0 Å². The summed E-state index contributed by atoms with van der Waals surface area (Å²) in [4.78, 5) is 16.2. The molecule has 0 fully saturated rings. The summed E-state index contributed by atoms with van der Waals surface area (Å²) in [7, 11) is -3.70. The standard InChI is InChI=1S/C25H27N3O4S/c1-4-15-26-25(29)20-7-14-24(27-17-20)32-22-10-8-21(9-11-22)28-33(30,31)23-12-5-19(6-13-23)16-18(2)3/h4-14,17-18,28H,1,15-16H2,2-3H3,(H,26,29). The average Bonchev–Trinajstić information content (AvgIpc) is 2.79. The number of nitrogens with zero attached hydrogens (tertiary/aromatic N) is 1. The third-order valence-corrected chi connectivity index (χ3v) is 6.01. The molecule has 0 aliphatic heterocycles. The lowest BCUT2D eigenvalue weighted by Crippen LogP contribution is -2.23. The Morgan fingerprint density at radius 1 is 1.06 bits per heavy atom. The van der Waals surface area contributed by atoms with Crippen molar-refractivity contribution >= 4 is 21.6 Å².